The summed E-state index contributed by atoms with van der Waals surface area (Å²) in [5.41, 5.74) is 7.27. The van der Waals surface area contributed by atoms with Crippen molar-refractivity contribution in [1.82, 2.24) is 0 Å². The predicted molar refractivity (Wildman–Crippen MR) is 286 cm³/mol. The van der Waals surface area contributed by atoms with Gasteiger partial charge < -0.3 is 17.7 Å². The molecule has 0 amide bonds. The minimum absolute atomic E-state index is 0.256. The first-order chi connectivity index (χ1) is 32.7. The van der Waals surface area contributed by atoms with Crippen molar-refractivity contribution in [3.05, 3.63) is 208 Å². The van der Waals surface area contributed by atoms with Crippen LogP contribution in [0.4, 0.5) is 0 Å². The van der Waals surface area contributed by atoms with Gasteiger partial charge in [-0.2, -0.15) is 0 Å². The molecule has 0 aliphatic carbocycles. The standard InChI is InChI=1S/C14H14O4S.C14H14O2S.C13H11BrO2S.C13H12O2S/c1-9-8-13(10(2)14(15)18-9)11-4-6-12(7-5-11)19(3,16)17;1-9-8-13(10(2)14(15)16-9)11-4-6-12(17-3)7-5-11;1-8-7-11(12(14)13(15)16-8)9-3-5-10(17-2)6-4-9;1-9-7-11(8-13(14)15-9)10-3-5-12(16-2)6-4-10/h4-8H,1-3H3;4-8H,1-3H3;3-7H,1-2H3;3-8H,1-2H3. The van der Waals surface area contributed by atoms with Gasteiger partial charge >= 0.3 is 22.5 Å². The molecule has 4 aromatic carbocycles. The molecule has 0 bridgehead atoms. The van der Waals surface area contributed by atoms with Crippen LogP contribution < -0.4 is 22.5 Å². The maximum Gasteiger partial charge on any atom is 0.350 e. The largest absolute Gasteiger partial charge is 0.428 e. The van der Waals surface area contributed by atoms with Gasteiger partial charge in [0.05, 0.1) is 4.90 Å². The lowest BCUT2D eigenvalue weighted by Gasteiger charge is -2.06. The molecule has 0 unspecified atom stereocenters. The number of thioether (sulfide) groups is 3. The van der Waals surface area contributed by atoms with Crippen LogP contribution in [-0.2, 0) is 9.84 Å². The smallest absolute Gasteiger partial charge is 0.350 e. The third-order valence-corrected chi connectivity index (χ3v) is 14.5. The molecule has 8 aromatic rings. The number of aryl methyl sites for hydroxylation is 4. The van der Waals surface area contributed by atoms with Crippen molar-refractivity contribution in [3.63, 3.8) is 0 Å². The summed E-state index contributed by atoms with van der Waals surface area (Å²) in [5.74, 6) is 2.42. The molecule has 4 heterocycles. The molecule has 0 atom stereocenters. The Hall–Kier alpha value is -5.84. The van der Waals surface area contributed by atoms with E-state index in [4.69, 9.17) is 17.7 Å². The Kier molecular flexibility index (Phi) is 19.3. The highest BCUT2D eigenvalue weighted by molar-refractivity contribution is 9.10. The number of sulfone groups is 1. The summed E-state index contributed by atoms with van der Waals surface area (Å²) >= 11 is 8.37. The van der Waals surface area contributed by atoms with E-state index in [-0.39, 0.29) is 27.4 Å². The number of hydrogen-bond acceptors (Lipinski definition) is 13. The lowest BCUT2D eigenvalue weighted by Crippen LogP contribution is -2.06. The summed E-state index contributed by atoms with van der Waals surface area (Å²) in [7, 11) is -3.21. The maximum atomic E-state index is 11.6. The van der Waals surface area contributed by atoms with Gasteiger partial charge in [-0.1, -0.05) is 48.5 Å². The summed E-state index contributed by atoms with van der Waals surface area (Å²) in [4.78, 5) is 49.8. The number of benzene rings is 4. The average Bonchev–Trinajstić information content (AvgIpc) is 3.32. The van der Waals surface area contributed by atoms with E-state index in [0.29, 0.717) is 38.6 Å². The monoisotopic (exact) mass is 1070 g/mol. The van der Waals surface area contributed by atoms with Gasteiger partial charge in [-0.15, -0.1) is 35.3 Å². The molecule has 4 aromatic heterocycles. The van der Waals surface area contributed by atoms with E-state index in [9.17, 15) is 27.6 Å². The van der Waals surface area contributed by atoms with Gasteiger partial charge in [0.2, 0.25) is 0 Å². The van der Waals surface area contributed by atoms with Crippen molar-refractivity contribution in [1.29, 1.82) is 0 Å². The highest BCUT2D eigenvalue weighted by atomic mass is 79.9. The van der Waals surface area contributed by atoms with Crippen LogP contribution >= 0.6 is 51.2 Å². The SMILES string of the molecule is CSc1ccc(-c2cc(C)oc(=O)c2)cc1.CSc1ccc(-c2cc(C)oc(=O)c2Br)cc1.CSc1ccc(-c2cc(C)oc(=O)c2C)cc1.Cc1cc(-c2ccc(S(C)(=O)=O)cc2)c(C)c(=O)o1. The van der Waals surface area contributed by atoms with Crippen LogP contribution in [-0.4, -0.2) is 33.4 Å². The molecule has 0 saturated heterocycles. The summed E-state index contributed by atoms with van der Waals surface area (Å²) in [6.45, 7) is 10.5. The second-order valence-electron chi connectivity index (χ2n) is 15.5. The predicted octanol–water partition coefficient (Wildman–Crippen LogP) is 13.4. The van der Waals surface area contributed by atoms with Crippen molar-refractivity contribution in [2.45, 2.75) is 61.1 Å². The van der Waals surface area contributed by atoms with Crippen LogP contribution in [0.3, 0.4) is 0 Å². The van der Waals surface area contributed by atoms with Gasteiger partial charge in [0.1, 0.15) is 27.5 Å². The topological polar surface area (TPSA) is 155 Å². The van der Waals surface area contributed by atoms with Crippen molar-refractivity contribution in [2.24, 2.45) is 0 Å². The third-order valence-electron chi connectivity index (χ3n) is 10.4. The third kappa shape index (κ3) is 15.1. The van der Waals surface area contributed by atoms with E-state index >= 15 is 0 Å². The Morgan fingerprint density at radius 3 is 1.12 bits per heavy atom. The Morgan fingerprint density at radius 2 is 0.739 bits per heavy atom. The fourth-order valence-electron chi connectivity index (χ4n) is 6.73. The van der Waals surface area contributed by atoms with Crippen molar-refractivity contribution < 1.29 is 26.1 Å². The number of hydrogen-bond donors (Lipinski definition) is 0. The summed E-state index contributed by atoms with van der Waals surface area (Å²) < 4.78 is 43.2. The highest BCUT2D eigenvalue weighted by Gasteiger charge is 2.12. The molecule has 0 radical (unpaired) electrons. The first-order valence-electron chi connectivity index (χ1n) is 21.1. The van der Waals surface area contributed by atoms with Crippen LogP contribution in [0.25, 0.3) is 44.5 Å². The highest BCUT2D eigenvalue weighted by Crippen LogP contribution is 2.29. The van der Waals surface area contributed by atoms with Crippen LogP contribution in [0.5, 0.6) is 0 Å². The maximum absolute atomic E-state index is 11.6. The second-order valence-corrected chi connectivity index (χ2v) is 20.9. The summed E-state index contributed by atoms with van der Waals surface area (Å²) in [6, 6.07) is 39.8. The van der Waals surface area contributed by atoms with Gasteiger partial charge in [0, 0.05) is 43.7 Å². The fraction of sp³-hybridized carbons (Fsp3) is 0.185. The number of halogens is 1. The zero-order valence-corrected chi connectivity index (χ0v) is 44.6. The van der Waals surface area contributed by atoms with Crippen LogP contribution in [0, 0.1) is 41.5 Å². The Labute approximate surface area is 422 Å². The van der Waals surface area contributed by atoms with Gasteiger partial charge in [0.15, 0.2) is 9.84 Å². The Bertz CT molecular complexity index is 3280. The van der Waals surface area contributed by atoms with Gasteiger partial charge in [-0.3, -0.25) is 0 Å². The Balaban J connectivity index is 0.000000172. The molecule has 0 spiro atoms. The molecule has 0 fully saturated rings. The molecule has 10 nitrogen and oxygen atoms in total. The van der Waals surface area contributed by atoms with E-state index in [1.807, 2.05) is 97.6 Å². The first-order valence-corrected chi connectivity index (χ1v) is 27.5. The van der Waals surface area contributed by atoms with Crippen molar-refractivity contribution in [3.8, 4) is 44.5 Å². The molecule has 0 aliphatic heterocycles. The zero-order chi connectivity index (χ0) is 50.6. The van der Waals surface area contributed by atoms with Crippen LogP contribution in [0.1, 0.15) is 34.2 Å². The van der Waals surface area contributed by atoms with Gasteiger partial charge in [-0.05, 0) is 188 Å². The molecule has 8 rings (SSSR count). The van der Waals surface area contributed by atoms with E-state index in [1.165, 1.54) is 32.9 Å². The van der Waals surface area contributed by atoms with Gasteiger partial charge in [-0.25, -0.2) is 27.6 Å². The molecule has 15 heteroatoms. The van der Waals surface area contributed by atoms with E-state index < -0.39 is 9.84 Å². The molecular weight excluding hydrogens is 1020 g/mol. The average molecular weight is 1070 g/mol. The lowest BCUT2D eigenvalue weighted by atomic mass is 10.0. The van der Waals surface area contributed by atoms with Gasteiger partial charge in [0.25, 0.3) is 0 Å². The molecule has 0 N–H and O–H groups in total. The molecule has 69 heavy (non-hydrogen) atoms. The normalized spacial score (nSPS) is 10.8. The molecule has 0 aliphatic rings. The second kappa shape index (κ2) is 24.6. The van der Waals surface area contributed by atoms with E-state index in [0.717, 1.165) is 50.8 Å². The van der Waals surface area contributed by atoms with Crippen LogP contribution in [0.2, 0.25) is 0 Å². The first kappa shape index (κ1) is 54.1. The number of rotatable bonds is 8. The minimum atomic E-state index is -3.21. The quantitative estimate of drug-likeness (QED) is 0.133. The fourth-order valence-corrected chi connectivity index (χ4v) is 9.01. The van der Waals surface area contributed by atoms with Crippen molar-refractivity contribution in [2.75, 3.05) is 25.0 Å². The molecule has 358 valence electrons. The Morgan fingerprint density at radius 1 is 0.406 bits per heavy atom. The summed E-state index contributed by atoms with van der Waals surface area (Å²) in [6.07, 6.45) is 7.28. The summed E-state index contributed by atoms with van der Waals surface area (Å²) in [5, 5.41) is 0. The molecular formula is C54H51BrO10S4. The van der Waals surface area contributed by atoms with Crippen LogP contribution in [0.15, 0.2) is 188 Å². The lowest BCUT2D eigenvalue weighted by molar-refractivity contribution is 0.476. The van der Waals surface area contributed by atoms with E-state index in [2.05, 4.69) is 28.1 Å². The zero-order valence-electron chi connectivity index (χ0n) is 39.7. The molecule has 0 saturated carbocycles. The van der Waals surface area contributed by atoms with E-state index in [1.54, 1.807) is 95.0 Å². The van der Waals surface area contributed by atoms with Crippen molar-refractivity contribution >= 4 is 61.1 Å². The minimum Gasteiger partial charge on any atom is -0.428 e.